The van der Waals surface area contributed by atoms with E-state index >= 15 is 0 Å². The molecule has 6 heteroatoms. The van der Waals surface area contributed by atoms with Crippen molar-refractivity contribution in [3.63, 3.8) is 0 Å². The van der Waals surface area contributed by atoms with Crippen molar-refractivity contribution in [3.8, 4) is 5.75 Å². The van der Waals surface area contributed by atoms with Gasteiger partial charge in [0.25, 0.3) is 11.8 Å². The zero-order valence-corrected chi connectivity index (χ0v) is 13.8. The fraction of sp³-hybridized carbons (Fsp3) is 0.158. The van der Waals surface area contributed by atoms with E-state index in [2.05, 4.69) is 10.6 Å². The molecule has 4 rings (SSSR count). The molecule has 0 spiro atoms. The smallest absolute Gasteiger partial charge is 0.291 e. The number of rotatable bonds is 2. The quantitative estimate of drug-likeness (QED) is 0.749. The number of aryl methyl sites for hydroxylation is 2. The third kappa shape index (κ3) is 2.71. The van der Waals surface area contributed by atoms with Crippen molar-refractivity contribution >= 4 is 34.2 Å². The van der Waals surface area contributed by atoms with Gasteiger partial charge in [0.1, 0.15) is 11.3 Å². The summed E-state index contributed by atoms with van der Waals surface area (Å²) in [7, 11) is 0. The maximum Gasteiger partial charge on any atom is 0.291 e. The Morgan fingerprint density at radius 2 is 2.00 bits per heavy atom. The van der Waals surface area contributed by atoms with E-state index in [0.29, 0.717) is 22.7 Å². The first-order valence-corrected chi connectivity index (χ1v) is 7.89. The highest BCUT2D eigenvalue weighted by atomic mass is 16.5. The molecule has 0 saturated carbocycles. The number of furan rings is 1. The van der Waals surface area contributed by atoms with Crippen LogP contribution in [0.15, 0.2) is 40.8 Å². The molecule has 2 N–H and O–H groups in total. The third-order valence-electron chi connectivity index (χ3n) is 4.17. The van der Waals surface area contributed by atoms with Gasteiger partial charge in [-0.25, -0.2) is 0 Å². The number of benzene rings is 2. The van der Waals surface area contributed by atoms with Gasteiger partial charge < -0.3 is 19.8 Å². The second-order valence-electron chi connectivity index (χ2n) is 6.06. The number of ether oxygens (including phenoxy) is 1. The molecule has 0 unspecified atom stereocenters. The Morgan fingerprint density at radius 3 is 2.84 bits per heavy atom. The summed E-state index contributed by atoms with van der Waals surface area (Å²) < 4.78 is 11.0. The molecule has 1 aliphatic rings. The zero-order valence-electron chi connectivity index (χ0n) is 13.8. The highest BCUT2D eigenvalue weighted by Gasteiger charge is 2.20. The van der Waals surface area contributed by atoms with E-state index in [0.717, 1.165) is 16.5 Å². The molecule has 1 aromatic heterocycles. The number of amides is 2. The van der Waals surface area contributed by atoms with Crippen molar-refractivity contribution in [2.24, 2.45) is 0 Å². The van der Waals surface area contributed by atoms with Gasteiger partial charge >= 0.3 is 0 Å². The second-order valence-corrected chi connectivity index (χ2v) is 6.06. The van der Waals surface area contributed by atoms with Crippen LogP contribution in [0.25, 0.3) is 11.0 Å². The lowest BCUT2D eigenvalue weighted by molar-refractivity contribution is -0.118. The first-order valence-electron chi connectivity index (χ1n) is 7.89. The van der Waals surface area contributed by atoms with Gasteiger partial charge in [0.05, 0.1) is 5.69 Å². The molecule has 2 heterocycles. The minimum atomic E-state index is -0.339. The SMILES string of the molecule is Cc1ccc2c(C)c(C(=O)Nc3ccc4c(c3)NC(=O)CO4)oc2c1. The highest BCUT2D eigenvalue weighted by Crippen LogP contribution is 2.31. The van der Waals surface area contributed by atoms with E-state index in [1.807, 2.05) is 32.0 Å². The van der Waals surface area contributed by atoms with Gasteiger partial charge in [-0.3, -0.25) is 9.59 Å². The molecule has 0 saturated heterocycles. The molecule has 0 radical (unpaired) electrons. The number of carbonyl (C=O) groups is 2. The lowest BCUT2D eigenvalue weighted by Crippen LogP contribution is -2.25. The van der Waals surface area contributed by atoms with Crippen LogP contribution in [0.2, 0.25) is 0 Å². The Labute approximate surface area is 143 Å². The molecule has 0 atom stereocenters. The molecule has 3 aromatic rings. The lowest BCUT2D eigenvalue weighted by Gasteiger charge is -2.18. The van der Waals surface area contributed by atoms with Crippen molar-refractivity contribution in [1.29, 1.82) is 0 Å². The summed E-state index contributed by atoms with van der Waals surface area (Å²) in [5.41, 5.74) is 3.63. The molecule has 126 valence electrons. The Balaban J connectivity index is 1.63. The molecule has 6 nitrogen and oxygen atoms in total. The van der Waals surface area contributed by atoms with Gasteiger partial charge in [0.2, 0.25) is 0 Å². The monoisotopic (exact) mass is 336 g/mol. The van der Waals surface area contributed by atoms with Crippen LogP contribution in [0.1, 0.15) is 21.7 Å². The zero-order chi connectivity index (χ0) is 17.6. The van der Waals surface area contributed by atoms with Crippen LogP contribution in [0.5, 0.6) is 5.75 Å². The summed E-state index contributed by atoms with van der Waals surface area (Å²) in [5.74, 6) is 0.292. The lowest BCUT2D eigenvalue weighted by atomic mass is 10.1. The Bertz CT molecular complexity index is 1020. The molecule has 2 aromatic carbocycles. The number of hydrogen-bond acceptors (Lipinski definition) is 4. The van der Waals surface area contributed by atoms with E-state index in [1.54, 1.807) is 18.2 Å². The number of hydrogen-bond donors (Lipinski definition) is 2. The predicted molar refractivity (Wildman–Crippen MR) is 94.2 cm³/mol. The molecular formula is C19H16N2O4. The maximum absolute atomic E-state index is 12.6. The largest absolute Gasteiger partial charge is 0.482 e. The summed E-state index contributed by atoms with van der Waals surface area (Å²) in [6.45, 7) is 3.83. The van der Waals surface area contributed by atoms with Gasteiger partial charge in [-0.05, 0) is 43.7 Å². The van der Waals surface area contributed by atoms with E-state index < -0.39 is 0 Å². The van der Waals surface area contributed by atoms with Crippen LogP contribution in [0.3, 0.4) is 0 Å². The molecule has 1 aliphatic heterocycles. The Kier molecular flexibility index (Phi) is 3.46. The first-order chi connectivity index (χ1) is 12.0. The van der Waals surface area contributed by atoms with E-state index in [-0.39, 0.29) is 24.2 Å². The summed E-state index contributed by atoms with van der Waals surface area (Å²) >= 11 is 0. The summed E-state index contributed by atoms with van der Waals surface area (Å²) in [4.78, 5) is 24.0. The second kappa shape index (κ2) is 5.66. The van der Waals surface area contributed by atoms with Crippen LogP contribution in [-0.2, 0) is 4.79 Å². The standard InChI is InChI=1S/C19H16N2O4/c1-10-3-5-13-11(2)18(25-16(13)7-10)19(23)20-12-4-6-15-14(8-12)21-17(22)9-24-15/h3-8H,9H2,1-2H3,(H,20,23)(H,21,22). The molecule has 2 amide bonds. The van der Waals surface area contributed by atoms with Gasteiger partial charge in [-0.1, -0.05) is 12.1 Å². The number of carbonyl (C=O) groups excluding carboxylic acids is 2. The van der Waals surface area contributed by atoms with Crippen molar-refractivity contribution in [2.75, 3.05) is 17.2 Å². The molecular weight excluding hydrogens is 320 g/mol. The van der Waals surface area contributed by atoms with Gasteiger partial charge in [0, 0.05) is 16.6 Å². The Morgan fingerprint density at radius 1 is 1.16 bits per heavy atom. The van der Waals surface area contributed by atoms with Crippen molar-refractivity contribution in [1.82, 2.24) is 0 Å². The van der Waals surface area contributed by atoms with E-state index in [4.69, 9.17) is 9.15 Å². The topological polar surface area (TPSA) is 80.6 Å². The van der Waals surface area contributed by atoms with Gasteiger partial charge in [0.15, 0.2) is 12.4 Å². The summed E-state index contributed by atoms with van der Waals surface area (Å²) in [6.07, 6.45) is 0. The number of nitrogens with one attached hydrogen (secondary N) is 2. The molecule has 0 aliphatic carbocycles. The average Bonchev–Trinajstić information content (AvgIpc) is 2.90. The number of fused-ring (bicyclic) bond motifs is 2. The first kappa shape index (κ1) is 15.3. The van der Waals surface area contributed by atoms with Crippen LogP contribution >= 0.6 is 0 Å². The van der Waals surface area contributed by atoms with Crippen molar-refractivity contribution in [3.05, 3.63) is 53.3 Å². The fourth-order valence-electron chi connectivity index (χ4n) is 2.90. The maximum atomic E-state index is 12.6. The van der Waals surface area contributed by atoms with Crippen LogP contribution in [0, 0.1) is 13.8 Å². The van der Waals surface area contributed by atoms with E-state index in [9.17, 15) is 9.59 Å². The normalized spacial score (nSPS) is 13.1. The minimum absolute atomic E-state index is 0.00367. The molecule has 0 fully saturated rings. The van der Waals surface area contributed by atoms with Crippen molar-refractivity contribution in [2.45, 2.75) is 13.8 Å². The van der Waals surface area contributed by atoms with Gasteiger partial charge in [-0.15, -0.1) is 0 Å². The fourth-order valence-corrected chi connectivity index (χ4v) is 2.90. The van der Waals surface area contributed by atoms with E-state index in [1.165, 1.54) is 0 Å². The van der Waals surface area contributed by atoms with Crippen LogP contribution in [0.4, 0.5) is 11.4 Å². The third-order valence-corrected chi connectivity index (χ3v) is 4.17. The summed E-state index contributed by atoms with van der Waals surface area (Å²) in [5, 5.41) is 6.43. The number of anilines is 2. The van der Waals surface area contributed by atoms with Crippen LogP contribution in [-0.4, -0.2) is 18.4 Å². The molecule has 0 bridgehead atoms. The van der Waals surface area contributed by atoms with Crippen molar-refractivity contribution < 1.29 is 18.7 Å². The highest BCUT2D eigenvalue weighted by molar-refractivity contribution is 6.07. The van der Waals surface area contributed by atoms with Gasteiger partial charge in [-0.2, -0.15) is 0 Å². The average molecular weight is 336 g/mol. The Hall–Kier alpha value is -3.28. The predicted octanol–water partition coefficient (Wildman–Crippen LogP) is 3.63. The van der Waals surface area contributed by atoms with Crippen LogP contribution < -0.4 is 15.4 Å². The minimum Gasteiger partial charge on any atom is -0.482 e. The summed E-state index contributed by atoms with van der Waals surface area (Å²) in [6, 6.07) is 10.9. The molecule has 25 heavy (non-hydrogen) atoms.